The molecule has 0 saturated heterocycles. The smallest absolute Gasteiger partial charge is 0.339 e. The van der Waals surface area contributed by atoms with Crippen LogP contribution in [0.4, 0.5) is 10.5 Å². The van der Waals surface area contributed by atoms with Crippen molar-refractivity contribution in [1.29, 1.82) is 0 Å². The van der Waals surface area contributed by atoms with Crippen molar-refractivity contribution in [3.05, 3.63) is 54.1 Å². The van der Waals surface area contributed by atoms with Gasteiger partial charge in [-0.15, -0.1) is 0 Å². The number of unbranched alkanes of at least 4 members (excludes halogenated alkanes) is 1. The Balaban J connectivity index is 1.81. The van der Waals surface area contributed by atoms with Crippen molar-refractivity contribution in [3.8, 4) is 11.5 Å². The lowest BCUT2D eigenvalue weighted by Crippen LogP contribution is -2.24. The largest absolute Gasteiger partial charge is 0.507 e. The molecule has 0 atom stereocenters. The molecule has 24 heavy (non-hydrogen) atoms. The number of nitrogens with zero attached hydrogens (tertiary/aromatic N) is 1. The van der Waals surface area contributed by atoms with Crippen LogP contribution in [0.5, 0.6) is 11.5 Å². The van der Waals surface area contributed by atoms with Gasteiger partial charge in [0.15, 0.2) is 0 Å². The summed E-state index contributed by atoms with van der Waals surface area (Å²) in [7, 11) is 0. The average Bonchev–Trinajstić information content (AvgIpc) is 2.58. The molecule has 126 valence electrons. The number of carbonyl (C=O) groups is 1. The molecule has 0 aliphatic heterocycles. The number of nitrogens with one attached hydrogen (secondary N) is 2. The number of ether oxygens (including phenoxy) is 1. The predicted octanol–water partition coefficient (Wildman–Crippen LogP) is 3.73. The summed E-state index contributed by atoms with van der Waals surface area (Å²) in [5, 5.41) is 16.0. The van der Waals surface area contributed by atoms with E-state index in [9.17, 15) is 9.90 Å². The number of phenolic OH excluding ortho intramolecular Hbond substituents is 1. The summed E-state index contributed by atoms with van der Waals surface area (Å²) in [6.45, 7) is 2.79. The maximum absolute atomic E-state index is 11.8. The van der Waals surface area contributed by atoms with E-state index in [1.165, 1.54) is 6.21 Å². The molecule has 0 aliphatic carbocycles. The molecule has 0 bridgehead atoms. The average molecular weight is 327 g/mol. The van der Waals surface area contributed by atoms with Gasteiger partial charge in [-0.1, -0.05) is 25.5 Å². The Kier molecular flexibility index (Phi) is 6.64. The number of rotatable bonds is 7. The van der Waals surface area contributed by atoms with Crippen LogP contribution < -0.4 is 15.5 Å². The van der Waals surface area contributed by atoms with Crippen LogP contribution in [0.3, 0.4) is 0 Å². The normalized spacial score (nSPS) is 10.5. The third kappa shape index (κ3) is 5.64. The molecule has 0 aromatic heterocycles. The highest BCUT2D eigenvalue weighted by Gasteiger charge is 2.01. The zero-order chi connectivity index (χ0) is 17.2. The Morgan fingerprint density at radius 1 is 1.21 bits per heavy atom. The standard InChI is InChI=1S/C18H21N3O3/c1-2-3-12-24-16-10-8-15(9-11-16)20-18(23)21-19-13-14-6-4-5-7-17(14)22/h4-11,13,22H,2-3,12H2,1H3,(H2,20,21,23). The maximum atomic E-state index is 11.8. The van der Waals surface area contributed by atoms with Crippen molar-refractivity contribution in [2.45, 2.75) is 19.8 Å². The maximum Gasteiger partial charge on any atom is 0.339 e. The minimum absolute atomic E-state index is 0.0992. The number of amides is 2. The van der Waals surface area contributed by atoms with Crippen molar-refractivity contribution in [3.63, 3.8) is 0 Å². The fraction of sp³-hybridized carbons (Fsp3) is 0.222. The lowest BCUT2D eigenvalue weighted by atomic mass is 10.2. The van der Waals surface area contributed by atoms with E-state index < -0.39 is 6.03 Å². The van der Waals surface area contributed by atoms with E-state index in [0.29, 0.717) is 17.9 Å². The molecule has 0 spiro atoms. The number of hydrazone groups is 1. The topological polar surface area (TPSA) is 83.0 Å². The minimum atomic E-state index is -0.471. The number of benzene rings is 2. The summed E-state index contributed by atoms with van der Waals surface area (Å²) < 4.78 is 5.56. The van der Waals surface area contributed by atoms with E-state index in [-0.39, 0.29) is 5.75 Å². The molecule has 0 unspecified atom stereocenters. The zero-order valence-corrected chi connectivity index (χ0v) is 13.5. The van der Waals surface area contributed by atoms with E-state index in [2.05, 4.69) is 22.8 Å². The molecule has 2 rings (SSSR count). The highest BCUT2D eigenvalue weighted by molar-refractivity contribution is 5.90. The van der Waals surface area contributed by atoms with Gasteiger partial charge in [-0.2, -0.15) is 5.10 Å². The second-order valence-corrected chi connectivity index (χ2v) is 5.11. The van der Waals surface area contributed by atoms with E-state index >= 15 is 0 Å². The van der Waals surface area contributed by atoms with Crippen molar-refractivity contribution >= 4 is 17.9 Å². The Labute approximate surface area is 141 Å². The van der Waals surface area contributed by atoms with E-state index in [1.807, 2.05) is 0 Å². The van der Waals surface area contributed by atoms with Gasteiger partial charge in [-0.3, -0.25) is 0 Å². The number of urea groups is 1. The third-order valence-corrected chi connectivity index (χ3v) is 3.19. The summed E-state index contributed by atoms with van der Waals surface area (Å²) in [6.07, 6.45) is 3.47. The molecule has 2 aromatic carbocycles. The molecule has 6 nitrogen and oxygen atoms in total. The van der Waals surface area contributed by atoms with Crippen molar-refractivity contribution < 1.29 is 14.6 Å². The second kappa shape index (κ2) is 9.19. The molecular formula is C18H21N3O3. The van der Waals surface area contributed by atoms with E-state index in [1.54, 1.807) is 48.5 Å². The first-order chi connectivity index (χ1) is 11.7. The predicted molar refractivity (Wildman–Crippen MR) is 94.7 cm³/mol. The van der Waals surface area contributed by atoms with Crippen LogP contribution in [0.15, 0.2) is 53.6 Å². The molecule has 6 heteroatoms. The molecule has 2 amide bonds. The van der Waals surface area contributed by atoms with Crippen molar-refractivity contribution in [2.24, 2.45) is 5.10 Å². The van der Waals surface area contributed by atoms with Gasteiger partial charge >= 0.3 is 6.03 Å². The van der Waals surface area contributed by atoms with Gasteiger partial charge < -0.3 is 15.2 Å². The Morgan fingerprint density at radius 2 is 1.96 bits per heavy atom. The molecule has 0 aliphatic rings. The first-order valence-corrected chi connectivity index (χ1v) is 7.80. The molecule has 3 N–H and O–H groups in total. The van der Waals surface area contributed by atoms with Crippen molar-refractivity contribution in [1.82, 2.24) is 5.43 Å². The molecular weight excluding hydrogens is 306 g/mol. The summed E-state index contributed by atoms with van der Waals surface area (Å²) in [4.78, 5) is 11.8. The van der Waals surface area contributed by atoms with Gasteiger partial charge in [0, 0.05) is 11.3 Å². The highest BCUT2D eigenvalue weighted by atomic mass is 16.5. The SMILES string of the molecule is CCCCOc1ccc(NC(=O)NN=Cc2ccccc2O)cc1. The first-order valence-electron chi connectivity index (χ1n) is 7.80. The van der Waals surface area contributed by atoms with Crippen LogP contribution in [-0.4, -0.2) is 24.0 Å². The van der Waals surface area contributed by atoms with Crippen LogP contribution in [0, 0.1) is 0 Å². The van der Waals surface area contributed by atoms with Gasteiger partial charge in [0.05, 0.1) is 12.8 Å². The lowest BCUT2D eigenvalue weighted by Gasteiger charge is -2.07. The molecule has 0 saturated carbocycles. The number of phenols is 1. The first kappa shape index (κ1) is 17.3. The van der Waals surface area contributed by atoms with Crippen LogP contribution >= 0.6 is 0 Å². The van der Waals surface area contributed by atoms with E-state index in [0.717, 1.165) is 18.6 Å². The number of para-hydroxylation sites is 1. The lowest BCUT2D eigenvalue weighted by molar-refractivity contribution is 0.252. The number of anilines is 1. The Morgan fingerprint density at radius 3 is 2.67 bits per heavy atom. The van der Waals surface area contributed by atoms with Crippen LogP contribution in [0.25, 0.3) is 0 Å². The molecule has 0 fully saturated rings. The molecule has 0 heterocycles. The summed E-state index contributed by atoms with van der Waals surface area (Å²) in [5.74, 6) is 0.870. The fourth-order valence-electron chi connectivity index (χ4n) is 1.89. The summed E-state index contributed by atoms with van der Waals surface area (Å²) in [6, 6.07) is 13.4. The van der Waals surface area contributed by atoms with Gasteiger partial charge in [0.25, 0.3) is 0 Å². The van der Waals surface area contributed by atoms with Crippen LogP contribution in [0.2, 0.25) is 0 Å². The summed E-state index contributed by atoms with van der Waals surface area (Å²) in [5.41, 5.74) is 3.49. The Hall–Kier alpha value is -3.02. The minimum Gasteiger partial charge on any atom is -0.507 e. The Bertz CT molecular complexity index is 684. The zero-order valence-electron chi connectivity index (χ0n) is 13.5. The van der Waals surface area contributed by atoms with Gasteiger partial charge in [0.1, 0.15) is 11.5 Å². The molecule has 0 radical (unpaired) electrons. The summed E-state index contributed by atoms with van der Waals surface area (Å²) >= 11 is 0. The third-order valence-electron chi connectivity index (χ3n) is 3.19. The fourth-order valence-corrected chi connectivity index (χ4v) is 1.89. The van der Waals surface area contributed by atoms with Crippen LogP contribution in [-0.2, 0) is 0 Å². The second-order valence-electron chi connectivity index (χ2n) is 5.11. The number of hydrogen-bond donors (Lipinski definition) is 3. The number of hydrogen-bond acceptors (Lipinski definition) is 4. The monoisotopic (exact) mass is 327 g/mol. The quantitative estimate of drug-likeness (QED) is 0.412. The number of carbonyl (C=O) groups excluding carboxylic acids is 1. The number of aromatic hydroxyl groups is 1. The van der Waals surface area contributed by atoms with Crippen molar-refractivity contribution in [2.75, 3.05) is 11.9 Å². The highest BCUT2D eigenvalue weighted by Crippen LogP contribution is 2.16. The van der Waals surface area contributed by atoms with Gasteiger partial charge in [-0.05, 0) is 42.8 Å². The van der Waals surface area contributed by atoms with Crippen LogP contribution in [0.1, 0.15) is 25.3 Å². The van der Waals surface area contributed by atoms with Gasteiger partial charge in [0.2, 0.25) is 0 Å². The molecule has 2 aromatic rings. The van der Waals surface area contributed by atoms with E-state index in [4.69, 9.17) is 4.74 Å². The van der Waals surface area contributed by atoms with Gasteiger partial charge in [-0.25, -0.2) is 10.2 Å².